The Morgan fingerprint density at radius 1 is 1.25 bits per heavy atom. The first-order chi connectivity index (χ1) is 16.9. The van der Waals surface area contributed by atoms with Gasteiger partial charge in [-0.3, -0.25) is 19.6 Å². The van der Waals surface area contributed by atoms with Crippen LogP contribution in [0.3, 0.4) is 0 Å². The fourth-order valence-electron chi connectivity index (χ4n) is 7.41. The van der Waals surface area contributed by atoms with Gasteiger partial charge in [0.1, 0.15) is 0 Å². The van der Waals surface area contributed by atoms with Gasteiger partial charge >= 0.3 is 6.09 Å². The second-order valence-electron chi connectivity index (χ2n) is 12.2. The van der Waals surface area contributed by atoms with Crippen molar-refractivity contribution in [3.05, 3.63) is 23.9 Å². The lowest BCUT2D eigenvalue weighted by molar-refractivity contribution is -0.134. The normalized spacial score (nSPS) is 30.9. The summed E-state index contributed by atoms with van der Waals surface area (Å²) in [5, 5.41) is 21.6. The molecule has 3 aliphatic rings. The monoisotopic (exact) mass is 495 g/mol. The molecule has 9 nitrogen and oxygen atoms in total. The largest absolute Gasteiger partial charge is 0.465 e. The Bertz CT molecular complexity index is 1230. The average Bonchev–Trinajstić information content (AvgIpc) is 3.09. The number of nitrogens with zero attached hydrogens (tertiary/aromatic N) is 3. The van der Waals surface area contributed by atoms with Crippen LogP contribution in [0.25, 0.3) is 10.9 Å². The van der Waals surface area contributed by atoms with Gasteiger partial charge in [-0.05, 0) is 43.1 Å². The molecule has 5 atom stereocenters. The topological polar surface area (TPSA) is 117 Å². The molecule has 9 heteroatoms. The molecule has 3 N–H and O–H groups in total. The smallest absolute Gasteiger partial charge is 0.407 e. The Hall–Kier alpha value is -3.10. The predicted molar refractivity (Wildman–Crippen MR) is 137 cm³/mol. The number of benzene rings is 1. The fourth-order valence-corrected chi connectivity index (χ4v) is 7.41. The van der Waals surface area contributed by atoms with Crippen molar-refractivity contribution in [2.75, 3.05) is 11.9 Å². The molecule has 1 spiro atoms. The van der Waals surface area contributed by atoms with E-state index in [4.69, 9.17) is 5.10 Å². The summed E-state index contributed by atoms with van der Waals surface area (Å²) in [5.74, 6) is -0.562. The van der Waals surface area contributed by atoms with E-state index in [-0.39, 0.29) is 34.7 Å². The zero-order valence-corrected chi connectivity index (χ0v) is 21.8. The first kappa shape index (κ1) is 24.6. The van der Waals surface area contributed by atoms with Crippen LogP contribution < -0.4 is 10.6 Å². The Labute approximate surface area is 211 Å². The number of carbonyl (C=O) groups is 3. The molecule has 0 bridgehead atoms. The lowest BCUT2D eigenvalue weighted by Crippen LogP contribution is -2.72. The van der Waals surface area contributed by atoms with E-state index in [1.165, 1.54) is 0 Å². The number of imide groups is 1. The van der Waals surface area contributed by atoms with Gasteiger partial charge in [-0.1, -0.05) is 39.8 Å². The number of likely N-dealkylation sites (tertiary alicyclic amines) is 1. The second-order valence-corrected chi connectivity index (χ2v) is 12.2. The van der Waals surface area contributed by atoms with E-state index in [1.54, 1.807) is 4.90 Å². The number of carboxylic acid groups (broad SMARTS) is 1. The number of para-hydroxylation sites is 1. The molecule has 2 saturated heterocycles. The highest BCUT2D eigenvalue weighted by Gasteiger charge is 2.60. The summed E-state index contributed by atoms with van der Waals surface area (Å²) >= 11 is 0. The minimum Gasteiger partial charge on any atom is -0.465 e. The van der Waals surface area contributed by atoms with E-state index in [2.05, 4.69) is 44.4 Å². The highest BCUT2D eigenvalue weighted by atomic mass is 16.4. The number of rotatable bonds is 3. The summed E-state index contributed by atoms with van der Waals surface area (Å²) in [6.45, 7) is 9.32. The second kappa shape index (κ2) is 8.49. The number of hydrogen-bond acceptors (Lipinski definition) is 5. The number of piperidine rings is 1. The van der Waals surface area contributed by atoms with Gasteiger partial charge in [0.05, 0.1) is 22.8 Å². The molecule has 2 aliphatic heterocycles. The zero-order valence-electron chi connectivity index (χ0n) is 21.8. The number of nitrogens with one attached hydrogen (secondary N) is 2. The molecule has 1 aliphatic carbocycles. The minimum atomic E-state index is -0.817. The lowest BCUT2D eigenvalue weighted by atomic mass is 9.54. The first-order valence-electron chi connectivity index (χ1n) is 13.0. The predicted octanol–water partition coefficient (Wildman–Crippen LogP) is 4.09. The zero-order chi connectivity index (χ0) is 26.0. The van der Waals surface area contributed by atoms with Crippen molar-refractivity contribution in [3.8, 4) is 0 Å². The Morgan fingerprint density at radius 2 is 2.00 bits per heavy atom. The van der Waals surface area contributed by atoms with E-state index in [1.807, 2.05) is 23.9 Å². The molecule has 1 aromatic heterocycles. The maximum absolute atomic E-state index is 12.5. The number of fused-ring (bicyclic) bond motifs is 1. The lowest BCUT2D eigenvalue weighted by Gasteiger charge is -2.64. The van der Waals surface area contributed by atoms with Gasteiger partial charge in [-0.15, -0.1) is 0 Å². The van der Waals surface area contributed by atoms with Gasteiger partial charge in [-0.2, -0.15) is 5.10 Å². The van der Waals surface area contributed by atoms with Gasteiger partial charge in [-0.25, -0.2) is 4.79 Å². The molecule has 2 aromatic rings. The number of anilines is 1. The molecule has 3 heterocycles. The maximum Gasteiger partial charge on any atom is 0.407 e. The third-order valence-corrected chi connectivity index (χ3v) is 8.62. The Morgan fingerprint density at radius 3 is 2.64 bits per heavy atom. The van der Waals surface area contributed by atoms with Crippen LogP contribution in [-0.2, 0) is 16.6 Å². The van der Waals surface area contributed by atoms with Crippen LogP contribution in [0.5, 0.6) is 0 Å². The highest BCUT2D eigenvalue weighted by molar-refractivity contribution is 6.03. The van der Waals surface area contributed by atoms with Gasteiger partial charge in [0.15, 0.2) is 0 Å². The fraction of sp³-hybridized carbons (Fsp3) is 0.630. The summed E-state index contributed by atoms with van der Waals surface area (Å²) in [4.78, 5) is 37.6. The molecule has 3 unspecified atom stereocenters. The molecular formula is C27H37N5O4. The van der Waals surface area contributed by atoms with Crippen LogP contribution in [-0.4, -0.2) is 56.3 Å². The van der Waals surface area contributed by atoms with Crippen molar-refractivity contribution in [1.29, 1.82) is 0 Å². The highest BCUT2D eigenvalue weighted by Crippen LogP contribution is 2.56. The van der Waals surface area contributed by atoms with E-state index in [9.17, 15) is 19.5 Å². The van der Waals surface area contributed by atoms with E-state index < -0.39 is 12.0 Å². The van der Waals surface area contributed by atoms with Gasteiger partial charge in [0, 0.05) is 42.9 Å². The van der Waals surface area contributed by atoms with Crippen molar-refractivity contribution in [2.24, 2.45) is 23.8 Å². The molecule has 194 valence electrons. The number of aromatic nitrogens is 2. The van der Waals surface area contributed by atoms with Crippen LogP contribution >= 0.6 is 0 Å². The summed E-state index contributed by atoms with van der Waals surface area (Å²) < 4.78 is 1.83. The molecule has 36 heavy (non-hydrogen) atoms. The van der Waals surface area contributed by atoms with Gasteiger partial charge < -0.3 is 15.3 Å². The molecule has 1 saturated carbocycles. The molecule has 0 radical (unpaired) electrons. The average molecular weight is 496 g/mol. The SMILES string of the molecule is C[C@H]1CC2(CC[C@@H]1Nc1cccc3c(C4CCC(=O)NC4=O)nn(C)c13)CN(C(=O)O)C2C(C)(C)C. The summed E-state index contributed by atoms with van der Waals surface area (Å²) in [7, 11) is 1.89. The van der Waals surface area contributed by atoms with E-state index >= 15 is 0 Å². The first-order valence-corrected chi connectivity index (χ1v) is 13.0. The van der Waals surface area contributed by atoms with Crippen molar-refractivity contribution in [1.82, 2.24) is 20.0 Å². The van der Waals surface area contributed by atoms with Crippen molar-refractivity contribution >= 4 is 34.5 Å². The van der Waals surface area contributed by atoms with Crippen LogP contribution in [0.4, 0.5) is 10.5 Å². The molecule has 3 amide bonds. The van der Waals surface area contributed by atoms with Crippen molar-refractivity contribution in [2.45, 2.75) is 77.8 Å². The quantitative estimate of drug-likeness (QED) is 0.553. The summed E-state index contributed by atoms with van der Waals surface area (Å²) in [6, 6.07) is 6.33. The standard InChI is InChI=1S/C27H37N5O4/c1-15-13-27(14-32(25(35)36)24(27)26(2,3)4)12-11-18(15)28-19-8-6-7-16-21(30-31(5)22(16)19)17-9-10-20(33)29-23(17)34/h6-8,15,17-18,24,28H,9-14H2,1-5H3,(H,35,36)(H,29,33,34)/t15-,17?,18-,24?,27?/m0/s1. The van der Waals surface area contributed by atoms with Crippen LogP contribution in [0.2, 0.25) is 0 Å². The number of aryl methyl sites for hydroxylation is 1. The number of hydrogen-bond donors (Lipinski definition) is 3. The molecule has 3 fully saturated rings. The van der Waals surface area contributed by atoms with Crippen LogP contribution in [0, 0.1) is 16.7 Å². The van der Waals surface area contributed by atoms with Gasteiger partial charge in [0.2, 0.25) is 11.8 Å². The van der Waals surface area contributed by atoms with Gasteiger partial charge in [0.25, 0.3) is 0 Å². The molecule has 5 rings (SSSR count). The molecule has 1 aromatic carbocycles. The van der Waals surface area contributed by atoms with Crippen LogP contribution in [0.15, 0.2) is 18.2 Å². The summed E-state index contributed by atoms with van der Waals surface area (Å²) in [5.41, 5.74) is 2.59. The summed E-state index contributed by atoms with van der Waals surface area (Å²) in [6.07, 6.45) is 2.92. The minimum absolute atomic E-state index is 0.0301. The van der Waals surface area contributed by atoms with E-state index in [0.29, 0.717) is 31.0 Å². The number of carbonyl (C=O) groups excluding carboxylic acids is 2. The third-order valence-electron chi connectivity index (χ3n) is 8.62. The molecular weight excluding hydrogens is 458 g/mol. The Balaban J connectivity index is 1.37. The van der Waals surface area contributed by atoms with Crippen molar-refractivity contribution in [3.63, 3.8) is 0 Å². The van der Waals surface area contributed by atoms with Crippen molar-refractivity contribution < 1.29 is 19.5 Å². The van der Waals surface area contributed by atoms with E-state index in [0.717, 1.165) is 35.9 Å². The Kier molecular flexibility index (Phi) is 5.80. The number of amides is 3. The third kappa shape index (κ3) is 3.92. The maximum atomic E-state index is 12.5. The van der Waals surface area contributed by atoms with Crippen LogP contribution in [0.1, 0.15) is 71.4 Å².